The van der Waals surface area contributed by atoms with Crippen LogP contribution in [0.15, 0.2) is 156 Å². The zero-order valence-electron chi connectivity index (χ0n) is 24.6. The van der Waals surface area contributed by atoms with E-state index in [1.165, 1.54) is 44.2 Å². The van der Waals surface area contributed by atoms with Gasteiger partial charge in [-0.1, -0.05) is 97.1 Å². The number of hydrogen-bond donors (Lipinski definition) is 0. The van der Waals surface area contributed by atoms with Gasteiger partial charge in [-0.15, -0.1) is 0 Å². The summed E-state index contributed by atoms with van der Waals surface area (Å²) in [7, 11) is 0. The average Bonchev–Trinajstić information content (AvgIpc) is 3.62. The van der Waals surface area contributed by atoms with Crippen molar-refractivity contribution in [2.24, 2.45) is 0 Å². The first-order valence-corrected chi connectivity index (χ1v) is 15.7. The van der Waals surface area contributed by atoms with Gasteiger partial charge in [0.15, 0.2) is 0 Å². The monoisotopic (exact) mass is 576 g/mol. The van der Waals surface area contributed by atoms with E-state index in [1.54, 1.807) is 0 Å². The summed E-state index contributed by atoms with van der Waals surface area (Å²) in [5.41, 5.74) is 11.6. The van der Waals surface area contributed by atoms with Gasteiger partial charge >= 0.3 is 0 Å². The Morgan fingerprint density at radius 1 is 0.600 bits per heavy atom. The summed E-state index contributed by atoms with van der Waals surface area (Å²) in [4.78, 5) is 2.47. The highest BCUT2D eigenvalue weighted by Crippen LogP contribution is 2.47. The molecule has 0 atom stereocenters. The molecular formula is C42H28N2O. The van der Waals surface area contributed by atoms with Crippen LogP contribution in [0.5, 0.6) is 0 Å². The molecule has 0 spiro atoms. The van der Waals surface area contributed by atoms with Crippen LogP contribution in [0.4, 0.5) is 11.5 Å². The molecule has 10 rings (SSSR count). The fourth-order valence-electron chi connectivity index (χ4n) is 7.54. The highest BCUT2D eigenvalue weighted by Gasteiger charge is 2.30. The minimum Gasteiger partial charge on any atom is -0.455 e. The van der Waals surface area contributed by atoms with Crippen LogP contribution in [-0.2, 0) is 0 Å². The summed E-state index contributed by atoms with van der Waals surface area (Å²) in [5.74, 6) is 1.14. The second kappa shape index (κ2) is 9.35. The number of allylic oxidation sites excluding steroid dienone is 3. The van der Waals surface area contributed by atoms with Gasteiger partial charge in [0.05, 0.1) is 16.9 Å². The predicted octanol–water partition coefficient (Wildman–Crippen LogP) is 11.6. The van der Waals surface area contributed by atoms with Crippen LogP contribution >= 0.6 is 0 Å². The van der Waals surface area contributed by atoms with E-state index < -0.39 is 0 Å². The molecule has 0 saturated carbocycles. The van der Waals surface area contributed by atoms with Gasteiger partial charge < -0.3 is 4.42 Å². The second-order valence-corrected chi connectivity index (χ2v) is 12.1. The maximum absolute atomic E-state index is 6.47. The van der Waals surface area contributed by atoms with Gasteiger partial charge in [-0.2, -0.15) is 0 Å². The van der Waals surface area contributed by atoms with Crippen molar-refractivity contribution in [3.63, 3.8) is 0 Å². The minimum atomic E-state index is 0.917. The number of aromatic nitrogens is 1. The number of fused-ring (bicyclic) bond motifs is 10. The molecule has 0 N–H and O–H groups in total. The van der Waals surface area contributed by atoms with E-state index in [0.29, 0.717) is 0 Å². The Morgan fingerprint density at radius 3 is 2.33 bits per heavy atom. The van der Waals surface area contributed by atoms with Crippen molar-refractivity contribution in [2.45, 2.75) is 12.8 Å². The Balaban J connectivity index is 1.26. The molecular weight excluding hydrogens is 548 g/mol. The van der Waals surface area contributed by atoms with Gasteiger partial charge in [0.1, 0.15) is 17.0 Å². The van der Waals surface area contributed by atoms with E-state index >= 15 is 0 Å². The Hall–Kier alpha value is -5.80. The van der Waals surface area contributed by atoms with Gasteiger partial charge in [0, 0.05) is 33.0 Å². The molecule has 0 fully saturated rings. The van der Waals surface area contributed by atoms with Crippen molar-refractivity contribution in [3.8, 4) is 16.8 Å². The van der Waals surface area contributed by atoms with Crippen molar-refractivity contribution in [2.75, 3.05) is 4.90 Å². The van der Waals surface area contributed by atoms with Gasteiger partial charge in [0.2, 0.25) is 0 Å². The maximum Gasteiger partial charge on any atom is 0.143 e. The lowest BCUT2D eigenvalue weighted by Gasteiger charge is -2.28. The van der Waals surface area contributed by atoms with E-state index in [1.807, 2.05) is 6.07 Å². The van der Waals surface area contributed by atoms with Crippen LogP contribution in [-0.4, -0.2) is 4.57 Å². The van der Waals surface area contributed by atoms with Crippen LogP contribution in [0.1, 0.15) is 18.4 Å². The van der Waals surface area contributed by atoms with Gasteiger partial charge in [-0.3, -0.25) is 9.47 Å². The number of hydrogen-bond acceptors (Lipinski definition) is 2. The fraction of sp³-hybridized carbons (Fsp3) is 0.0476. The molecule has 1 aliphatic heterocycles. The molecule has 1 aliphatic carbocycles. The summed E-state index contributed by atoms with van der Waals surface area (Å²) >= 11 is 0. The van der Waals surface area contributed by atoms with E-state index in [2.05, 4.69) is 149 Å². The van der Waals surface area contributed by atoms with Crippen molar-refractivity contribution in [3.05, 3.63) is 157 Å². The zero-order chi connectivity index (χ0) is 29.5. The number of anilines is 2. The third-order valence-electron chi connectivity index (χ3n) is 9.56. The Morgan fingerprint density at radius 2 is 1.38 bits per heavy atom. The Bertz CT molecular complexity index is 2560. The molecule has 212 valence electrons. The standard InChI is InChI=1S/C42H28N2O/c1-2-12-28-25-39-30(23-27(28)11-1)26-41-43(37-20-6-3-15-33(37)34-16-4-7-21-38(34)44(39)41)31-14-9-13-29(24-31)32-18-10-19-36-35-17-5-8-22-40(35)45-42(32)36/h1-2,4-14,16-26H,3,15H2. The highest BCUT2D eigenvalue weighted by molar-refractivity contribution is 6.10. The summed E-state index contributed by atoms with van der Waals surface area (Å²) in [6.07, 6.45) is 6.69. The number of nitrogens with zero attached hydrogens (tertiary/aromatic N) is 2. The predicted molar refractivity (Wildman–Crippen MR) is 187 cm³/mol. The Labute approximate surface area is 260 Å². The lowest BCUT2D eigenvalue weighted by atomic mass is 9.93. The largest absolute Gasteiger partial charge is 0.455 e. The molecule has 2 aliphatic rings. The highest BCUT2D eigenvalue weighted by atomic mass is 16.3. The van der Waals surface area contributed by atoms with Crippen LogP contribution in [0.3, 0.4) is 0 Å². The van der Waals surface area contributed by atoms with Crippen LogP contribution in [0.2, 0.25) is 0 Å². The van der Waals surface area contributed by atoms with Crippen LogP contribution in [0, 0.1) is 0 Å². The summed E-state index contributed by atoms with van der Waals surface area (Å²) in [5, 5.41) is 6.03. The van der Waals surface area contributed by atoms with E-state index in [-0.39, 0.29) is 0 Å². The van der Waals surface area contributed by atoms with Crippen molar-refractivity contribution in [1.82, 2.24) is 4.57 Å². The molecule has 0 bridgehead atoms. The number of benzene rings is 6. The molecule has 8 aromatic rings. The summed E-state index contributed by atoms with van der Waals surface area (Å²) in [6, 6.07) is 48.3. The van der Waals surface area contributed by atoms with Crippen LogP contribution < -0.4 is 4.90 Å². The molecule has 6 aromatic carbocycles. The number of para-hydroxylation sites is 3. The van der Waals surface area contributed by atoms with Gasteiger partial charge in [-0.05, 0) is 83.3 Å². The molecule has 3 heteroatoms. The third-order valence-corrected chi connectivity index (χ3v) is 9.56. The molecule has 2 aromatic heterocycles. The molecule has 0 amide bonds. The summed E-state index contributed by atoms with van der Waals surface area (Å²) in [6.45, 7) is 0. The summed E-state index contributed by atoms with van der Waals surface area (Å²) < 4.78 is 8.94. The number of rotatable bonds is 2. The van der Waals surface area contributed by atoms with Crippen LogP contribution in [0.25, 0.3) is 66.0 Å². The van der Waals surface area contributed by atoms with E-state index in [4.69, 9.17) is 4.42 Å². The molecule has 3 nitrogen and oxygen atoms in total. The van der Waals surface area contributed by atoms with E-state index in [0.717, 1.165) is 57.4 Å². The lowest BCUT2D eigenvalue weighted by molar-refractivity contribution is 0.670. The molecule has 0 radical (unpaired) electrons. The smallest absolute Gasteiger partial charge is 0.143 e. The average molecular weight is 577 g/mol. The molecule has 0 saturated heterocycles. The first kappa shape index (κ1) is 24.6. The first-order valence-electron chi connectivity index (χ1n) is 15.7. The minimum absolute atomic E-state index is 0.917. The normalized spacial score (nSPS) is 14.3. The molecule has 3 heterocycles. The third kappa shape index (κ3) is 3.58. The van der Waals surface area contributed by atoms with Crippen molar-refractivity contribution in [1.29, 1.82) is 0 Å². The first-order chi connectivity index (χ1) is 22.3. The fourth-order valence-corrected chi connectivity index (χ4v) is 7.54. The van der Waals surface area contributed by atoms with E-state index in [9.17, 15) is 0 Å². The number of furan rings is 1. The topological polar surface area (TPSA) is 21.3 Å². The SMILES string of the molecule is C1=CC2=C(CC1)c1ccccc1-n1c(cc3cc4ccccc4cc31)N2c1cccc(-c2cccc3c2oc2ccccc23)c1. The second-order valence-electron chi connectivity index (χ2n) is 12.1. The quantitative estimate of drug-likeness (QED) is 0.204. The lowest BCUT2D eigenvalue weighted by Crippen LogP contribution is -2.18. The Kier molecular flexibility index (Phi) is 5.11. The molecule has 45 heavy (non-hydrogen) atoms. The van der Waals surface area contributed by atoms with Crippen molar-refractivity contribution < 1.29 is 4.42 Å². The van der Waals surface area contributed by atoms with Crippen molar-refractivity contribution >= 4 is 60.7 Å². The zero-order valence-corrected chi connectivity index (χ0v) is 24.6. The van der Waals surface area contributed by atoms with Gasteiger partial charge in [0.25, 0.3) is 0 Å². The maximum atomic E-state index is 6.47. The molecule has 0 unspecified atom stereocenters. The van der Waals surface area contributed by atoms with Gasteiger partial charge in [-0.25, -0.2) is 0 Å².